The predicted octanol–water partition coefficient (Wildman–Crippen LogP) is 5.78. The Labute approximate surface area is 183 Å². The number of aromatic nitrogens is 3. The molecule has 1 N–H and O–H groups in total. The van der Waals surface area contributed by atoms with E-state index < -0.39 is 5.97 Å². The molecule has 30 heavy (non-hydrogen) atoms. The van der Waals surface area contributed by atoms with Crippen molar-refractivity contribution in [1.82, 2.24) is 14.4 Å². The number of ether oxygens (including phenoxy) is 1. The number of imidazole rings is 1. The summed E-state index contributed by atoms with van der Waals surface area (Å²) in [5, 5.41) is 4.80. The molecular formula is C22H21ClN4O2S. The zero-order chi connectivity index (χ0) is 21.3. The summed E-state index contributed by atoms with van der Waals surface area (Å²) in [4.78, 5) is 22.3. The van der Waals surface area contributed by atoms with Gasteiger partial charge in [0.25, 0.3) is 0 Å². The van der Waals surface area contributed by atoms with Crippen molar-refractivity contribution in [3.05, 3.63) is 59.6 Å². The molecule has 0 bridgehead atoms. The molecule has 1 aromatic carbocycles. The number of rotatable bonds is 6. The number of hydrogen-bond acceptors (Lipinski definition) is 6. The van der Waals surface area contributed by atoms with Crippen molar-refractivity contribution in [3.63, 3.8) is 0 Å². The molecule has 0 radical (unpaired) electrons. The van der Waals surface area contributed by atoms with Crippen molar-refractivity contribution in [3.8, 4) is 21.6 Å². The summed E-state index contributed by atoms with van der Waals surface area (Å²) in [5.74, 6) is -0.450. The molecule has 0 atom stereocenters. The van der Waals surface area contributed by atoms with E-state index in [2.05, 4.69) is 29.1 Å². The summed E-state index contributed by atoms with van der Waals surface area (Å²) in [6.45, 7) is 6.21. The second-order valence-electron chi connectivity index (χ2n) is 7.03. The molecule has 6 nitrogen and oxygen atoms in total. The third-order valence-electron chi connectivity index (χ3n) is 4.40. The monoisotopic (exact) mass is 440 g/mol. The van der Waals surface area contributed by atoms with E-state index in [1.165, 1.54) is 0 Å². The molecule has 8 heteroatoms. The molecule has 0 aliphatic rings. The summed E-state index contributed by atoms with van der Waals surface area (Å²) >= 11 is 8.06. The van der Waals surface area contributed by atoms with Crippen molar-refractivity contribution >= 4 is 39.7 Å². The van der Waals surface area contributed by atoms with Gasteiger partial charge in [0.05, 0.1) is 11.5 Å². The molecule has 154 valence electrons. The van der Waals surface area contributed by atoms with Gasteiger partial charge in [0.15, 0.2) is 10.8 Å². The number of esters is 1. The zero-order valence-corrected chi connectivity index (χ0v) is 18.4. The molecule has 0 spiro atoms. The van der Waals surface area contributed by atoms with E-state index in [4.69, 9.17) is 16.3 Å². The summed E-state index contributed by atoms with van der Waals surface area (Å²) < 4.78 is 6.97. The van der Waals surface area contributed by atoms with Gasteiger partial charge in [-0.2, -0.15) is 0 Å². The van der Waals surface area contributed by atoms with Gasteiger partial charge in [0.2, 0.25) is 0 Å². The van der Waals surface area contributed by atoms with Crippen LogP contribution in [0.5, 0.6) is 0 Å². The Balaban J connectivity index is 1.89. The Morgan fingerprint density at radius 1 is 1.27 bits per heavy atom. The Kier molecular flexibility index (Phi) is 5.74. The minimum Gasteiger partial charge on any atom is -0.461 e. The third kappa shape index (κ3) is 4.04. The van der Waals surface area contributed by atoms with Crippen molar-refractivity contribution in [2.45, 2.75) is 26.8 Å². The molecule has 3 aromatic heterocycles. The van der Waals surface area contributed by atoms with Crippen LogP contribution in [0, 0.1) is 0 Å². The standard InChI is InChI=1S/C22H21ClN4O2S/c1-4-29-21(28)18-12-27-11-14(19-10-24-22(30-19)25-13(2)3)9-16(20(27)26-18)15-7-5-6-8-17(15)23/h5-13H,4H2,1-3H3,(H,24,25). The highest BCUT2D eigenvalue weighted by Crippen LogP contribution is 2.36. The van der Waals surface area contributed by atoms with Gasteiger partial charge >= 0.3 is 5.97 Å². The van der Waals surface area contributed by atoms with Gasteiger partial charge in [-0.05, 0) is 32.9 Å². The average Bonchev–Trinajstić information content (AvgIpc) is 3.34. The lowest BCUT2D eigenvalue weighted by Crippen LogP contribution is -2.08. The first kappa shape index (κ1) is 20.4. The van der Waals surface area contributed by atoms with E-state index in [-0.39, 0.29) is 5.69 Å². The van der Waals surface area contributed by atoms with E-state index in [1.807, 2.05) is 47.1 Å². The molecule has 0 fully saturated rings. The highest BCUT2D eigenvalue weighted by molar-refractivity contribution is 7.18. The highest BCUT2D eigenvalue weighted by atomic mass is 35.5. The van der Waals surface area contributed by atoms with Gasteiger partial charge in [0, 0.05) is 46.3 Å². The lowest BCUT2D eigenvalue weighted by molar-refractivity contribution is 0.0520. The molecule has 0 amide bonds. The lowest BCUT2D eigenvalue weighted by Gasteiger charge is -2.09. The van der Waals surface area contributed by atoms with Gasteiger partial charge < -0.3 is 14.5 Å². The van der Waals surface area contributed by atoms with Gasteiger partial charge in [-0.3, -0.25) is 0 Å². The quantitative estimate of drug-likeness (QED) is 0.385. The smallest absolute Gasteiger partial charge is 0.358 e. The van der Waals surface area contributed by atoms with E-state index >= 15 is 0 Å². The first-order chi connectivity index (χ1) is 14.5. The van der Waals surface area contributed by atoms with Gasteiger partial charge in [-0.25, -0.2) is 14.8 Å². The summed E-state index contributed by atoms with van der Waals surface area (Å²) in [6, 6.07) is 9.92. The molecular weight excluding hydrogens is 420 g/mol. The molecule has 4 aromatic rings. The number of hydrogen-bond donors (Lipinski definition) is 1. The van der Waals surface area contributed by atoms with Crippen LogP contribution in [0.1, 0.15) is 31.3 Å². The number of nitrogens with one attached hydrogen (secondary N) is 1. The molecule has 0 aliphatic heterocycles. The van der Waals surface area contributed by atoms with E-state index in [1.54, 1.807) is 24.5 Å². The molecule has 0 saturated carbocycles. The Hall–Kier alpha value is -2.90. The van der Waals surface area contributed by atoms with Crippen LogP contribution >= 0.6 is 22.9 Å². The fourth-order valence-electron chi connectivity index (χ4n) is 3.14. The van der Waals surface area contributed by atoms with Crippen LogP contribution in [-0.2, 0) is 4.74 Å². The van der Waals surface area contributed by atoms with Crippen LogP contribution in [-0.4, -0.2) is 33.0 Å². The minimum absolute atomic E-state index is 0.258. The number of fused-ring (bicyclic) bond motifs is 1. The number of pyridine rings is 1. The van der Waals surface area contributed by atoms with Crippen LogP contribution in [0.2, 0.25) is 5.02 Å². The number of anilines is 1. The maximum atomic E-state index is 12.2. The SMILES string of the molecule is CCOC(=O)c1cn2cc(-c3cnc(NC(C)C)s3)cc(-c3ccccc3Cl)c2n1. The van der Waals surface area contributed by atoms with Crippen LogP contribution in [0.3, 0.4) is 0 Å². The molecule has 4 rings (SSSR count). The Morgan fingerprint density at radius 2 is 2.07 bits per heavy atom. The number of benzene rings is 1. The Morgan fingerprint density at radius 3 is 2.80 bits per heavy atom. The van der Waals surface area contributed by atoms with Crippen LogP contribution in [0.15, 0.2) is 48.9 Å². The topological polar surface area (TPSA) is 68.5 Å². The third-order valence-corrected chi connectivity index (χ3v) is 5.71. The van der Waals surface area contributed by atoms with Crippen LogP contribution < -0.4 is 5.32 Å². The lowest BCUT2D eigenvalue weighted by atomic mass is 10.0. The number of carbonyl (C=O) groups excluding carboxylic acids is 1. The molecule has 0 unspecified atom stereocenters. The molecule has 3 heterocycles. The van der Waals surface area contributed by atoms with Crippen molar-refractivity contribution < 1.29 is 9.53 Å². The summed E-state index contributed by atoms with van der Waals surface area (Å²) in [5.41, 5.74) is 3.53. The number of carbonyl (C=O) groups is 1. The number of halogens is 1. The van der Waals surface area contributed by atoms with E-state index in [0.717, 1.165) is 26.7 Å². The Bertz CT molecular complexity index is 1220. The normalized spacial score (nSPS) is 11.2. The fraction of sp³-hybridized carbons (Fsp3) is 0.227. The number of thiazole rings is 1. The van der Waals surface area contributed by atoms with Crippen LogP contribution in [0.25, 0.3) is 27.2 Å². The fourth-order valence-corrected chi connectivity index (χ4v) is 4.32. The van der Waals surface area contributed by atoms with Crippen molar-refractivity contribution in [2.24, 2.45) is 0 Å². The number of nitrogens with zero attached hydrogens (tertiary/aromatic N) is 3. The zero-order valence-electron chi connectivity index (χ0n) is 16.8. The van der Waals surface area contributed by atoms with Crippen molar-refractivity contribution in [2.75, 3.05) is 11.9 Å². The first-order valence-corrected chi connectivity index (χ1v) is 10.8. The average molecular weight is 441 g/mol. The molecule has 0 saturated heterocycles. The van der Waals surface area contributed by atoms with E-state index in [9.17, 15) is 4.79 Å². The predicted molar refractivity (Wildman–Crippen MR) is 121 cm³/mol. The second-order valence-corrected chi connectivity index (χ2v) is 8.47. The van der Waals surface area contributed by atoms with Crippen LogP contribution in [0.4, 0.5) is 5.13 Å². The summed E-state index contributed by atoms with van der Waals surface area (Å²) in [7, 11) is 0. The maximum absolute atomic E-state index is 12.2. The highest BCUT2D eigenvalue weighted by Gasteiger charge is 2.18. The van der Waals surface area contributed by atoms with Gasteiger partial charge in [0.1, 0.15) is 5.65 Å². The maximum Gasteiger partial charge on any atom is 0.358 e. The minimum atomic E-state index is -0.450. The first-order valence-electron chi connectivity index (χ1n) is 9.63. The molecule has 0 aliphatic carbocycles. The van der Waals surface area contributed by atoms with Gasteiger partial charge in [-0.15, -0.1) is 0 Å². The second kappa shape index (κ2) is 8.45. The largest absolute Gasteiger partial charge is 0.461 e. The summed E-state index contributed by atoms with van der Waals surface area (Å²) in [6.07, 6.45) is 5.47. The van der Waals surface area contributed by atoms with E-state index in [0.29, 0.717) is 23.3 Å². The van der Waals surface area contributed by atoms with Crippen molar-refractivity contribution in [1.29, 1.82) is 0 Å². The van der Waals surface area contributed by atoms with Gasteiger partial charge in [-0.1, -0.05) is 41.1 Å².